The minimum Gasteiger partial charge on any atom is -0.223 e. The maximum Gasteiger partial charge on any atom is 0.336 e. The van der Waals surface area contributed by atoms with Crippen LogP contribution in [0.1, 0.15) is 13.8 Å². The van der Waals surface area contributed by atoms with Gasteiger partial charge in [0.2, 0.25) is 9.84 Å². The van der Waals surface area contributed by atoms with E-state index in [1.54, 1.807) is 0 Å². The third-order valence-electron chi connectivity index (χ3n) is 0.905. The molecular formula is C4H8F2O2S. The highest BCUT2D eigenvalue weighted by Crippen LogP contribution is 2.10. The van der Waals surface area contributed by atoms with Crippen molar-refractivity contribution in [3.05, 3.63) is 0 Å². The maximum absolute atomic E-state index is 11.5. The van der Waals surface area contributed by atoms with Crippen LogP contribution in [0.4, 0.5) is 8.78 Å². The highest BCUT2D eigenvalue weighted by Gasteiger charge is 2.27. The summed E-state index contributed by atoms with van der Waals surface area (Å²) in [6.07, 6.45) is 0. The van der Waals surface area contributed by atoms with Gasteiger partial charge in [-0.2, -0.15) is 8.78 Å². The first-order chi connectivity index (χ1) is 3.89. The molecule has 5 heteroatoms. The maximum atomic E-state index is 11.5. The molecule has 9 heavy (non-hydrogen) atoms. The Morgan fingerprint density at radius 3 is 1.56 bits per heavy atom. The summed E-state index contributed by atoms with van der Waals surface area (Å²) in [6, 6.07) is 0. The van der Waals surface area contributed by atoms with Gasteiger partial charge in [-0.15, -0.1) is 0 Å². The summed E-state index contributed by atoms with van der Waals surface area (Å²) in [7, 11) is -4.15. The van der Waals surface area contributed by atoms with Gasteiger partial charge in [0.1, 0.15) is 0 Å². The second kappa shape index (κ2) is 2.60. The monoisotopic (exact) mass is 158 g/mol. The van der Waals surface area contributed by atoms with E-state index in [0.29, 0.717) is 0 Å². The zero-order valence-electron chi connectivity index (χ0n) is 5.14. The lowest BCUT2D eigenvalue weighted by molar-refractivity contribution is 0.233. The van der Waals surface area contributed by atoms with Crippen molar-refractivity contribution in [3.63, 3.8) is 0 Å². The first kappa shape index (κ1) is 8.81. The van der Waals surface area contributed by atoms with Gasteiger partial charge >= 0.3 is 5.76 Å². The number of hydrogen-bond donors (Lipinski definition) is 0. The summed E-state index contributed by atoms with van der Waals surface area (Å²) < 4.78 is 43.5. The molecule has 0 amide bonds. The van der Waals surface area contributed by atoms with Crippen molar-refractivity contribution in [2.24, 2.45) is 0 Å². The van der Waals surface area contributed by atoms with E-state index >= 15 is 0 Å². The Hall–Kier alpha value is -0.190. The Labute approximate surface area is 52.8 Å². The topological polar surface area (TPSA) is 34.1 Å². The molecular weight excluding hydrogens is 150 g/mol. The molecule has 0 atom stereocenters. The Kier molecular flexibility index (Phi) is 2.54. The SMILES string of the molecule is CC(C)S(=O)(=O)C(F)F. The second-order valence-electron chi connectivity index (χ2n) is 1.90. The van der Waals surface area contributed by atoms with Crippen molar-refractivity contribution in [3.8, 4) is 0 Å². The molecule has 56 valence electrons. The number of sulfone groups is 1. The van der Waals surface area contributed by atoms with Gasteiger partial charge in [0.25, 0.3) is 0 Å². The highest BCUT2D eigenvalue weighted by molar-refractivity contribution is 7.92. The molecule has 0 aliphatic rings. The third kappa shape index (κ3) is 1.89. The van der Waals surface area contributed by atoms with Crippen molar-refractivity contribution < 1.29 is 17.2 Å². The van der Waals surface area contributed by atoms with Gasteiger partial charge < -0.3 is 0 Å². The first-order valence-corrected chi connectivity index (χ1v) is 4.01. The Morgan fingerprint density at radius 2 is 1.56 bits per heavy atom. The van der Waals surface area contributed by atoms with E-state index in [2.05, 4.69) is 0 Å². The molecule has 0 heterocycles. The second-order valence-corrected chi connectivity index (χ2v) is 4.38. The highest BCUT2D eigenvalue weighted by atomic mass is 32.2. The molecule has 0 spiro atoms. The fourth-order valence-corrected chi connectivity index (χ4v) is 0.617. The fraction of sp³-hybridized carbons (Fsp3) is 1.00. The van der Waals surface area contributed by atoms with Crippen LogP contribution in [0.15, 0.2) is 0 Å². The van der Waals surface area contributed by atoms with E-state index in [1.807, 2.05) is 0 Å². The average molecular weight is 158 g/mol. The van der Waals surface area contributed by atoms with Crippen LogP contribution in [-0.2, 0) is 9.84 Å². The average Bonchev–Trinajstić information content (AvgIpc) is 1.65. The van der Waals surface area contributed by atoms with Crippen molar-refractivity contribution in [2.75, 3.05) is 0 Å². The minimum absolute atomic E-state index is 0.988. The summed E-state index contributed by atoms with van der Waals surface area (Å²) in [5.74, 6) is -3.24. The van der Waals surface area contributed by atoms with E-state index in [-0.39, 0.29) is 0 Å². The van der Waals surface area contributed by atoms with Crippen LogP contribution >= 0.6 is 0 Å². The lowest BCUT2D eigenvalue weighted by Gasteiger charge is -2.03. The standard InChI is InChI=1S/C4H8F2O2S/c1-3(2)9(7,8)4(5)6/h3-4H,1-2H3. The zero-order valence-corrected chi connectivity index (χ0v) is 5.95. The van der Waals surface area contributed by atoms with Crippen molar-refractivity contribution in [1.29, 1.82) is 0 Å². The quantitative estimate of drug-likeness (QED) is 0.601. The lowest BCUT2D eigenvalue weighted by atomic mass is 10.6. The Balaban J connectivity index is 4.42. The molecule has 0 N–H and O–H groups in total. The van der Waals surface area contributed by atoms with Gasteiger partial charge in [0.15, 0.2) is 0 Å². The molecule has 0 unspecified atom stereocenters. The molecule has 0 aromatic carbocycles. The van der Waals surface area contributed by atoms with Crippen LogP contribution in [0.25, 0.3) is 0 Å². The summed E-state index contributed by atoms with van der Waals surface area (Å²) in [5.41, 5.74) is 0. The molecule has 0 aromatic heterocycles. The predicted molar refractivity (Wildman–Crippen MR) is 30.1 cm³/mol. The number of rotatable bonds is 2. The van der Waals surface area contributed by atoms with Gasteiger partial charge in [-0.25, -0.2) is 8.42 Å². The normalized spacial score (nSPS) is 13.1. The Bertz CT molecular complexity index is 157. The van der Waals surface area contributed by atoms with E-state index < -0.39 is 20.8 Å². The summed E-state index contributed by atoms with van der Waals surface area (Å²) in [5, 5.41) is -0.988. The summed E-state index contributed by atoms with van der Waals surface area (Å²) >= 11 is 0. The predicted octanol–water partition coefficient (Wildman–Crippen LogP) is 1.03. The molecule has 0 rings (SSSR count). The van der Waals surface area contributed by atoms with Crippen molar-refractivity contribution >= 4 is 9.84 Å². The van der Waals surface area contributed by atoms with E-state index in [4.69, 9.17) is 0 Å². The van der Waals surface area contributed by atoms with E-state index in [9.17, 15) is 17.2 Å². The van der Waals surface area contributed by atoms with Gasteiger partial charge in [-0.3, -0.25) is 0 Å². The van der Waals surface area contributed by atoms with Gasteiger partial charge in [0.05, 0.1) is 5.25 Å². The lowest BCUT2D eigenvalue weighted by Crippen LogP contribution is -2.21. The number of hydrogen-bond acceptors (Lipinski definition) is 2. The van der Waals surface area contributed by atoms with Gasteiger partial charge in [-0.1, -0.05) is 0 Å². The summed E-state index contributed by atoms with van der Waals surface area (Å²) in [4.78, 5) is 0. The minimum atomic E-state index is -4.15. The number of halogens is 2. The van der Waals surface area contributed by atoms with Crippen LogP contribution in [-0.4, -0.2) is 19.4 Å². The molecule has 0 bridgehead atoms. The molecule has 0 radical (unpaired) electrons. The van der Waals surface area contributed by atoms with Crippen LogP contribution < -0.4 is 0 Å². The molecule has 0 fully saturated rings. The van der Waals surface area contributed by atoms with Gasteiger partial charge in [-0.05, 0) is 13.8 Å². The van der Waals surface area contributed by atoms with Crippen LogP contribution in [0, 0.1) is 0 Å². The molecule has 2 nitrogen and oxygen atoms in total. The van der Waals surface area contributed by atoms with Crippen LogP contribution in [0.3, 0.4) is 0 Å². The first-order valence-electron chi connectivity index (χ1n) is 2.40. The van der Waals surface area contributed by atoms with E-state index in [0.717, 1.165) is 0 Å². The van der Waals surface area contributed by atoms with Crippen LogP contribution in [0.2, 0.25) is 0 Å². The zero-order chi connectivity index (χ0) is 7.65. The number of alkyl halides is 2. The summed E-state index contributed by atoms with van der Waals surface area (Å²) in [6.45, 7) is 2.45. The van der Waals surface area contributed by atoms with Crippen molar-refractivity contribution in [1.82, 2.24) is 0 Å². The molecule has 0 aliphatic carbocycles. The molecule has 0 aromatic rings. The molecule has 0 aliphatic heterocycles. The third-order valence-corrected chi connectivity index (χ3v) is 2.72. The van der Waals surface area contributed by atoms with Crippen LogP contribution in [0.5, 0.6) is 0 Å². The largest absolute Gasteiger partial charge is 0.336 e. The van der Waals surface area contributed by atoms with Gasteiger partial charge in [0, 0.05) is 0 Å². The van der Waals surface area contributed by atoms with Crippen molar-refractivity contribution in [2.45, 2.75) is 24.9 Å². The smallest absolute Gasteiger partial charge is 0.223 e. The molecule has 0 saturated heterocycles. The Morgan fingerprint density at radius 1 is 1.22 bits per heavy atom. The van der Waals surface area contributed by atoms with E-state index in [1.165, 1.54) is 13.8 Å². The fourth-order valence-electron chi connectivity index (χ4n) is 0.206. The molecule has 0 saturated carbocycles.